The van der Waals surface area contributed by atoms with Crippen molar-refractivity contribution in [3.63, 3.8) is 0 Å². The molecule has 70 valence electrons. The fraction of sp³-hybridized carbons (Fsp3) is 0.600. The van der Waals surface area contributed by atoms with E-state index in [1.807, 2.05) is 0 Å². The SMILES string of the molecule is C1=CC2C3C=CC(C3)C2C1.[Cl-].[Cl-].[Ti+2]. The van der Waals surface area contributed by atoms with E-state index in [-0.39, 0.29) is 46.5 Å². The summed E-state index contributed by atoms with van der Waals surface area (Å²) in [6, 6.07) is 0. The molecule has 2 bridgehead atoms. The smallest absolute Gasteiger partial charge is 1.00 e. The Hall–Kier alpha value is 0.774. The number of rotatable bonds is 0. The van der Waals surface area contributed by atoms with Crippen molar-refractivity contribution in [2.24, 2.45) is 23.7 Å². The van der Waals surface area contributed by atoms with Gasteiger partial charge < -0.3 is 24.8 Å². The van der Waals surface area contributed by atoms with Crippen molar-refractivity contribution in [1.82, 2.24) is 0 Å². The summed E-state index contributed by atoms with van der Waals surface area (Å²) in [7, 11) is 0. The molecule has 0 aliphatic heterocycles. The van der Waals surface area contributed by atoms with E-state index >= 15 is 0 Å². The Labute approximate surface area is 107 Å². The molecule has 0 aromatic heterocycles. The first kappa shape index (κ1) is 13.8. The average molecular weight is 251 g/mol. The van der Waals surface area contributed by atoms with Gasteiger partial charge in [-0.05, 0) is 36.5 Å². The average Bonchev–Trinajstić information content (AvgIpc) is 2.60. The summed E-state index contributed by atoms with van der Waals surface area (Å²) in [6.07, 6.45) is 12.5. The summed E-state index contributed by atoms with van der Waals surface area (Å²) in [4.78, 5) is 0. The Balaban J connectivity index is 0.000000480. The van der Waals surface area contributed by atoms with Crippen LogP contribution in [0.25, 0.3) is 0 Å². The third-order valence-corrected chi connectivity index (χ3v) is 3.46. The standard InChI is InChI=1S/C10H12.2ClH.Ti/c1-2-9-7-4-5-8(6-7)10(9)3-1;;;/h1-2,4-5,7-10H,3,6H2;2*1H;/q;;;+2/p-2. The molecule has 1 fully saturated rings. The van der Waals surface area contributed by atoms with Gasteiger partial charge in [-0.3, -0.25) is 0 Å². The predicted molar refractivity (Wildman–Crippen MR) is 41.5 cm³/mol. The fourth-order valence-electron chi connectivity index (χ4n) is 2.97. The van der Waals surface area contributed by atoms with Crippen molar-refractivity contribution in [3.05, 3.63) is 24.3 Å². The summed E-state index contributed by atoms with van der Waals surface area (Å²) in [5, 5.41) is 0. The van der Waals surface area contributed by atoms with Crippen molar-refractivity contribution < 1.29 is 46.5 Å². The zero-order valence-electron chi connectivity index (χ0n) is 7.29. The Morgan fingerprint density at radius 2 is 1.62 bits per heavy atom. The van der Waals surface area contributed by atoms with E-state index in [1.54, 1.807) is 0 Å². The van der Waals surface area contributed by atoms with E-state index in [4.69, 9.17) is 0 Å². The second-order valence-corrected chi connectivity index (χ2v) is 3.85. The van der Waals surface area contributed by atoms with Gasteiger partial charge in [0.1, 0.15) is 0 Å². The maximum atomic E-state index is 2.44. The Bertz CT molecular complexity index is 225. The van der Waals surface area contributed by atoms with Gasteiger partial charge in [0, 0.05) is 0 Å². The summed E-state index contributed by atoms with van der Waals surface area (Å²) < 4.78 is 0. The first-order valence-electron chi connectivity index (χ1n) is 4.30. The Morgan fingerprint density at radius 3 is 2.31 bits per heavy atom. The molecule has 1 saturated carbocycles. The zero-order chi connectivity index (χ0) is 6.55. The first-order chi connectivity index (χ1) is 4.95. The van der Waals surface area contributed by atoms with E-state index in [0.29, 0.717) is 0 Å². The van der Waals surface area contributed by atoms with Crippen LogP contribution < -0.4 is 24.8 Å². The fourth-order valence-corrected chi connectivity index (χ4v) is 2.97. The van der Waals surface area contributed by atoms with Crippen molar-refractivity contribution in [1.29, 1.82) is 0 Å². The monoisotopic (exact) mass is 250 g/mol. The van der Waals surface area contributed by atoms with Crippen LogP contribution in [-0.2, 0) is 21.7 Å². The van der Waals surface area contributed by atoms with E-state index in [1.165, 1.54) is 12.8 Å². The number of allylic oxidation sites excluding steroid dienone is 4. The van der Waals surface area contributed by atoms with Crippen molar-refractivity contribution in [2.75, 3.05) is 0 Å². The van der Waals surface area contributed by atoms with Gasteiger partial charge in [-0.25, -0.2) is 0 Å². The molecule has 4 unspecified atom stereocenters. The van der Waals surface area contributed by atoms with Crippen LogP contribution in [0.1, 0.15) is 12.8 Å². The molecule has 0 nitrogen and oxygen atoms in total. The van der Waals surface area contributed by atoms with Crippen molar-refractivity contribution >= 4 is 0 Å². The Morgan fingerprint density at radius 1 is 0.923 bits per heavy atom. The first-order valence-corrected chi connectivity index (χ1v) is 4.30. The van der Waals surface area contributed by atoms with Gasteiger partial charge in [-0.1, -0.05) is 24.3 Å². The number of halogens is 2. The largest absolute Gasteiger partial charge is 2.00 e. The molecule has 13 heavy (non-hydrogen) atoms. The van der Waals surface area contributed by atoms with Crippen LogP contribution in [-0.4, -0.2) is 0 Å². The number of fused-ring (bicyclic) bond motifs is 5. The summed E-state index contributed by atoms with van der Waals surface area (Å²) in [6.45, 7) is 0. The molecule has 4 atom stereocenters. The quantitative estimate of drug-likeness (QED) is 0.308. The maximum Gasteiger partial charge on any atom is 2.00 e. The molecule has 0 heterocycles. The maximum absolute atomic E-state index is 2.44. The van der Waals surface area contributed by atoms with Crippen LogP contribution in [0.15, 0.2) is 24.3 Å². The molecule has 3 rings (SSSR count). The molecular weight excluding hydrogens is 239 g/mol. The van der Waals surface area contributed by atoms with Crippen LogP contribution in [0.3, 0.4) is 0 Å². The molecule has 3 aliphatic rings. The van der Waals surface area contributed by atoms with Crippen LogP contribution in [0, 0.1) is 23.7 Å². The minimum absolute atomic E-state index is 0. The molecule has 0 aromatic rings. The molecule has 3 heteroatoms. The zero-order valence-corrected chi connectivity index (χ0v) is 10.4. The van der Waals surface area contributed by atoms with Crippen molar-refractivity contribution in [2.45, 2.75) is 12.8 Å². The van der Waals surface area contributed by atoms with Gasteiger partial charge in [0.25, 0.3) is 0 Å². The van der Waals surface area contributed by atoms with Gasteiger partial charge in [0.15, 0.2) is 0 Å². The van der Waals surface area contributed by atoms with Gasteiger partial charge in [-0.2, -0.15) is 0 Å². The molecule has 0 aromatic carbocycles. The second-order valence-electron chi connectivity index (χ2n) is 3.85. The molecule has 0 saturated heterocycles. The van der Waals surface area contributed by atoms with Crippen LogP contribution in [0.5, 0.6) is 0 Å². The third-order valence-electron chi connectivity index (χ3n) is 3.46. The van der Waals surface area contributed by atoms with Crippen molar-refractivity contribution in [3.8, 4) is 0 Å². The predicted octanol–water partition coefficient (Wildman–Crippen LogP) is -3.61. The molecular formula is C10H12Cl2Ti. The van der Waals surface area contributed by atoms with E-state index in [9.17, 15) is 0 Å². The van der Waals surface area contributed by atoms with Crippen LogP contribution >= 0.6 is 0 Å². The van der Waals surface area contributed by atoms with Gasteiger partial charge in [0.2, 0.25) is 0 Å². The Kier molecular flexibility index (Phi) is 5.32. The summed E-state index contributed by atoms with van der Waals surface area (Å²) in [5.41, 5.74) is 0. The normalized spacial score (nSPS) is 41.8. The molecule has 0 radical (unpaired) electrons. The molecule has 3 aliphatic carbocycles. The van der Waals surface area contributed by atoms with Crippen LogP contribution in [0.4, 0.5) is 0 Å². The molecule has 0 amide bonds. The van der Waals surface area contributed by atoms with Crippen LogP contribution in [0.2, 0.25) is 0 Å². The second kappa shape index (κ2) is 5.02. The summed E-state index contributed by atoms with van der Waals surface area (Å²) >= 11 is 0. The van der Waals surface area contributed by atoms with Gasteiger partial charge in [-0.15, -0.1) is 0 Å². The molecule has 0 spiro atoms. The minimum Gasteiger partial charge on any atom is -1.00 e. The van der Waals surface area contributed by atoms with E-state index in [2.05, 4.69) is 24.3 Å². The van der Waals surface area contributed by atoms with E-state index < -0.39 is 0 Å². The number of hydrogen-bond donors (Lipinski definition) is 0. The van der Waals surface area contributed by atoms with E-state index in [0.717, 1.165) is 23.7 Å². The van der Waals surface area contributed by atoms with Gasteiger partial charge in [0.05, 0.1) is 0 Å². The minimum atomic E-state index is 0. The molecule has 0 N–H and O–H groups in total. The summed E-state index contributed by atoms with van der Waals surface area (Å²) in [5.74, 6) is 3.82. The number of hydrogen-bond acceptors (Lipinski definition) is 0. The topological polar surface area (TPSA) is 0 Å². The van der Waals surface area contributed by atoms with Gasteiger partial charge >= 0.3 is 21.7 Å². The third kappa shape index (κ3) is 1.92.